The lowest BCUT2D eigenvalue weighted by molar-refractivity contribution is 0.230. The molecule has 1 nitrogen and oxygen atoms in total. The van der Waals surface area contributed by atoms with Gasteiger partial charge in [-0.3, -0.25) is 4.90 Å². The number of rotatable bonds is 1. The van der Waals surface area contributed by atoms with Crippen molar-refractivity contribution in [1.82, 2.24) is 4.90 Å². The highest BCUT2D eigenvalue weighted by molar-refractivity contribution is 8.93. The summed E-state index contributed by atoms with van der Waals surface area (Å²) in [6, 6.07) is 18.7. The van der Waals surface area contributed by atoms with Crippen LogP contribution in [0.5, 0.6) is 0 Å². The summed E-state index contributed by atoms with van der Waals surface area (Å²) in [4.78, 5) is 2.69. The van der Waals surface area contributed by atoms with Crippen LogP contribution in [0.4, 0.5) is 0 Å². The molecule has 2 aliphatic heterocycles. The van der Waals surface area contributed by atoms with E-state index in [1.54, 1.807) is 11.1 Å². The van der Waals surface area contributed by atoms with Crippen LogP contribution in [-0.4, -0.2) is 18.0 Å². The zero-order chi connectivity index (χ0) is 13.5. The Hall–Kier alpha value is -1.12. The van der Waals surface area contributed by atoms with Crippen molar-refractivity contribution >= 4 is 17.0 Å². The molecule has 2 heteroatoms. The molecule has 21 heavy (non-hydrogen) atoms. The minimum Gasteiger partial charge on any atom is -0.295 e. The molecule has 2 heterocycles. The third-order valence-corrected chi connectivity index (χ3v) is 5.08. The Bertz CT molecular complexity index is 637. The van der Waals surface area contributed by atoms with E-state index in [-0.39, 0.29) is 17.0 Å². The summed E-state index contributed by atoms with van der Waals surface area (Å²) < 4.78 is 0. The second-order valence-corrected chi connectivity index (χ2v) is 6.19. The van der Waals surface area contributed by atoms with E-state index in [1.807, 2.05) is 0 Å². The topological polar surface area (TPSA) is 3.24 Å². The summed E-state index contributed by atoms with van der Waals surface area (Å²) in [6.45, 7) is 4.70. The average molecular weight is 344 g/mol. The highest BCUT2D eigenvalue weighted by Crippen LogP contribution is 2.44. The van der Waals surface area contributed by atoms with E-state index >= 15 is 0 Å². The fourth-order valence-corrected chi connectivity index (χ4v) is 4.11. The Labute approximate surface area is 137 Å². The van der Waals surface area contributed by atoms with E-state index in [0.29, 0.717) is 12.0 Å². The maximum atomic E-state index is 2.69. The number of benzene rings is 2. The second-order valence-electron chi connectivity index (χ2n) is 6.19. The molecule has 110 valence electrons. The van der Waals surface area contributed by atoms with Gasteiger partial charge in [0, 0.05) is 18.5 Å². The summed E-state index contributed by atoms with van der Waals surface area (Å²) in [5.74, 6) is 0.543. The molecule has 2 atom stereocenters. The first-order chi connectivity index (χ1) is 9.84. The van der Waals surface area contributed by atoms with E-state index in [1.165, 1.54) is 37.1 Å². The van der Waals surface area contributed by atoms with Crippen LogP contribution in [-0.2, 0) is 0 Å². The largest absolute Gasteiger partial charge is 0.295 e. The minimum absolute atomic E-state index is 0. The highest BCUT2D eigenvalue weighted by atomic mass is 79.9. The molecule has 0 unspecified atom stereocenters. The predicted molar refractivity (Wildman–Crippen MR) is 93.3 cm³/mol. The van der Waals surface area contributed by atoms with Crippen molar-refractivity contribution < 1.29 is 0 Å². The van der Waals surface area contributed by atoms with Crippen LogP contribution in [0.2, 0.25) is 0 Å². The molecule has 0 N–H and O–H groups in total. The van der Waals surface area contributed by atoms with Gasteiger partial charge in [-0.1, -0.05) is 48.5 Å². The molecule has 0 aromatic heterocycles. The van der Waals surface area contributed by atoms with Gasteiger partial charge in [-0.2, -0.15) is 0 Å². The molecule has 0 amide bonds. The Morgan fingerprint density at radius 3 is 2.33 bits per heavy atom. The van der Waals surface area contributed by atoms with Gasteiger partial charge in [-0.25, -0.2) is 0 Å². The molecule has 0 bridgehead atoms. The number of aryl methyl sites for hydroxylation is 1. The monoisotopic (exact) mass is 343 g/mol. The van der Waals surface area contributed by atoms with Crippen LogP contribution in [0.25, 0.3) is 0 Å². The molecule has 2 aromatic rings. The number of fused-ring (bicyclic) bond motifs is 3. The minimum atomic E-state index is 0. The smallest absolute Gasteiger partial charge is 0.0351 e. The number of halogens is 1. The van der Waals surface area contributed by atoms with Gasteiger partial charge >= 0.3 is 0 Å². The van der Waals surface area contributed by atoms with Gasteiger partial charge in [0.05, 0.1) is 0 Å². The molecular weight excluding hydrogens is 322 g/mol. The first kappa shape index (κ1) is 14.8. The lowest BCUT2D eigenvalue weighted by atomic mass is 9.80. The Morgan fingerprint density at radius 2 is 1.57 bits per heavy atom. The molecule has 1 fully saturated rings. The maximum Gasteiger partial charge on any atom is 0.0351 e. The van der Waals surface area contributed by atoms with Crippen molar-refractivity contribution in [1.29, 1.82) is 0 Å². The van der Waals surface area contributed by atoms with Crippen molar-refractivity contribution in [3.05, 3.63) is 70.8 Å². The first-order valence-electron chi connectivity index (χ1n) is 7.73. The van der Waals surface area contributed by atoms with Gasteiger partial charge in [0.15, 0.2) is 0 Å². The van der Waals surface area contributed by atoms with Crippen molar-refractivity contribution in [2.45, 2.75) is 31.7 Å². The zero-order valence-electron chi connectivity index (χ0n) is 12.5. The predicted octanol–water partition coefficient (Wildman–Crippen LogP) is 4.86. The van der Waals surface area contributed by atoms with Crippen LogP contribution in [0.15, 0.2) is 48.5 Å². The van der Waals surface area contributed by atoms with E-state index in [9.17, 15) is 0 Å². The molecule has 1 saturated heterocycles. The lowest BCUT2D eigenvalue weighted by Gasteiger charge is -2.38. The highest BCUT2D eigenvalue weighted by Gasteiger charge is 2.36. The van der Waals surface area contributed by atoms with Crippen molar-refractivity contribution in [3.63, 3.8) is 0 Å². The van der Waals surface area contributed by atoms with Crippen molar-refractivity contribution in [2.24, 2.45) is 0 Å². The second kappa shape index (κ2) is 5.94. The van der Waals surface area contributed by atoms with E-state index in [2.05, 4.69) is 60.4 Å². The van der Waals surface area contributed by atoms with Gasteiger partial charge in [0.25, 0.3) is 0 Å². The van der Waals surface area contributed by atoms with Crippen molar-refractivity contribution in [3.8, 4) is 0 Å². The average Bonchev–Trinajstić information content (AvgIpc) is 2.96. The third-order valence-electron chi connectivity index (χ3n) is 5.08. The normalized spacial score (nSPS) is 24.0. The first-order valence-corrected chi connectivity index (χ1v) is 7.73. The van der Waals surface area contributed by atoms with E-state index in [0.717, 1.165) is 0 Å². The number of nitrogens with zero attached hydrogens (tertiary/aromatic N) is 1. The fraction of sp³-hybridized carbons (Fsp3) is 0.368. The Kier molecular flexibility index (Phi) is 4.19. The summed E-state index contributed by atoms with van der Waals surface area (Å²) in [5.41, 5.74) is 6.06. The van der Waals surface area contributed by atoms with Crippen molar-refractivity contribution in [2.75, 3.05) is 13.1 Å². The SMILES string of the molecule is Br.Cc1ccccc1[C@@H]1CN2CCC[C@H]2c2ccccc21. The lowest BCUT2D eigenvalue weighted by Crippen LogP contribution is -2.34. The molecular formula is C19H22BrN. The van der Waals surface area contributed by atoms with Crippen LogP contribution < -0.4 is 0 Å². The van der Waals surface area contributed by atoms with E-state index < -0.39 is 0 Å². The number of hydrogen-bond donors (Lipinski definition) is 0. The third kappa shape index (κ3) is 2.45. The van der Waals surface area contributed by atoms with Gasteiger partial charge in [-0.05, 0) is 48.6 Å². The van der Waals surface area contributed by atoms with Gasteiger partial charge in [0.2, 0.25) is 0 Å². The van der Waals surface area contributed by atoms with Crippen LogP contribution in [0, 0.1) is 6.92 Å². The van der Waals surface area contributed by atoms with Crippen LogP contribution in [0.3, 0.4) is 0 Å². The molecule has 0 radical (unpaired) electrons. The molecule has 2 aliphatic rings. The molecule has 4 rings (SSSR count). The summed E-state index contributed by atoms with van der Waals surface area (Å²) >= 11 is 0. The summed E-state index contributed by atoms with van der Waals surface area (Å²) in [7, 11) is 0. The summed E-state index contributed by atoms with van der Waals surface area (Å²) in [5, 5.41) is 0. The quantitative estimate of drug-likeness (QED) is 0.714. The number of hydrogen-bond acceptors (Lipinski definition) is 1. The van der Waals surface area contributed by atoms with Crippen LogP contribution >= 0.6 is 17.0 Å². The van der Waals surface area contributed by atoms with Crippen LogP contribution in [0.1, 0.15) is 47.1 Å². The fourth-order valence-electron chi connectivity index (χ4n) is 4.11. The van der Waals surface area contributed by atoms with Gasteiger partial charge < -0.3 is 0 Å². The molecule has 0 spiro atoms. The van der Waals surface area contributed by atoms with E-state index in [4.69, 9.17) is 0 Å². The molecule has 2 aromatic carbocycles. The van der Waals surface area contributed by atoms with Gasteiger partial charge in [-0.15, -0.1) is 17.0 Å². The Morgan fingerprint density at radius 1 is 0.905 bits per heavy atom. The summed E-state index contributed by atoms with van der Waals surface area (Å²) in [6.07, 6.45) is 2.68. The Balaban J connectivity index is 0.00000132. The zero-order valence-corrected chi connectivity index (χ0v) is 14.2. The standard InChI is InChI=1S/C19H21N.BrH/c1-14-7-2-3-8-15(14)18-13-20-12-6-11-19(20)17-10-5-4-9-16(17)18;/h2-5,7-10,18-19H,6,11-13H2,1H3;1H/t18-,19-;/m0./s1. The van der Waals surface area contributed by atoms with Gasteiger partial charge in [0.1, 0.15) is 0 Å². The molecule has 0 aliphatic carbocycles. The molecule has 0 saturated carbocycles. The maximum absolute atomic E-state index is 2.69.